The van der Waals surface area contributed by atoms with Crippen LogP contribution in [0.4, 0.5) is 0 Å². The molecule has 0 aliphatic rings. The van der Waals surface area contributed by atoms with E-state index in [2.05, 4.69) is 41.6 Å². The number of para-hydroxylation sites is 2. The Hall–Kier alpha value is -2.13. The third kappa shape index (κ3) is 2.77. The van der Waals surface area contributed by atoms with Gasteiger partial charge in [0.25, 0.3) is 0 Å². The van der Waals surface area contributed by atoms with Crippen molar-refractivity contribution in [1.29, 1.82) is 0 Å². The van der Waals surface area contributed by atoms with E-state index in [-0.39, 0.29) is 0 Å². The maximum absolute atomic E-state index is 10.5. The zero-order chi connectivity index (χ0) is 15.7. The summed E-state index contributed by atoms with van der Waals surface area (Å²) < 4.78 is 2.06. The van der Waals surface area contributed by atoms with E-state index in [1.165, 1.54) is 5.56 Å². The fraction of sp³-hybridized carbons (Fsp3) is 0.316. The minimum absolute atomic E-state index is 0.506. The summed E-state index contributed by atoms with van der Waals surface area (Å²) in [7, 11) is 2.00. The monoisotopic (exact) mass is 294 g/mol. The summed E-state index contributed by atoms with van der Waals surface area (Å²) in [6, 6.07) is 16.3. The molecule has 1 atom stereocenters. The number of aryl methyl sites for hydroxylation is 1. The van der Waals surface area contributed by atoms with Crippen LogP contribution in [-0.4, -0.2) is 14.7 Å². The van der Waals surface area contributed by atoms with Crippen LogP contribution in [0.3, 0.4) is 0 Å². The Morgan fingerprint density at radius 3 is 2.27 bits per heavy atom. The van der Waals surface area contributed by atoms with Crippen molar-refractivity contribution in [3.8, 4) is 0 Å². The second kappa shape index (κ2) is 5.93. The maximum Gasteiger partial charge on any atom is 0.112 e. The number of aliphatic hydroxyl groups is 1. The first kappa shape index (κ1) is 14.8. The van der Waals surface area contributed by atoms with Crippen LogP contribution in [-0.2, 0) is 13.5 Å². The molecule has 3 rings (SSSR count). The highest BCUT2D eigenvalue weighted by atomic mass is 16.3. The van der Waals surface area contributed by atoms with Crippen LogP contribution in [0.5, 0.6) is 0 Å². The third-order valence-corrected chi connectivity index (χ3v) is 4.24. The number of benzene rings is 2. The van der Waals surface area contributed by atoms with Crippen LogP contribution in [0, 0.1) is 0 Å². The minimum Gasteiger partial charge on any atom is -0.388 e. The SMILES string of the molecule is CC(C)c1ccc([C@@H](O)Cc2nc3ccccc3n2C)cc1. The molecule has 3 nitrogen and oxygen atoms in total. The Labute approximate surface area is 131 Å². The number of hydrogen-bond donors (Lipinski definition) is 1. The van der Waals surface area contributed by atoms with Crippen LogP contribution in [0.25, 0.3) is 11.0 Å². The second-order valence-corrected chi connectivity index (χ2v) is 6.12. The van der Waals surface area contributed by atoms with Crippen molar-refractivity contribution in [2.24, 2.45) is 7.05 Å². The van der Waals surface area contributed by atoms with E-state index >= 15 is 0 Å². The van der Waals surface area contributed by atoms with Crippen LogP contribution in [0.15, 0.2) is 48.5 Å². The molecule has 1 N–H and O–H groups in total. The summed E-state index contributed by atoms with van der Waals surface area (Å²) >= 11 is 0. The number of fused-ring (bicyclic) bond motifs is 1. The second-order valence-electron chi connectivity index (χ2n) is 6.12. The predicted molar refractivity (Wildman–Crippen MR) is 89.9 cm³/mol. The fourth-order valence-corrected chi connectivity index (χ4v) is 2.77. The number of rotatable bonds is 4. The van der Waals surface area contributed by atoms with Crippen LogP contribution >= 0.6 is 0 Å². The Bertz CT molecular complexity index is 772. The van der Waals surface area contributed by atoms with E-state index in [1.807, 2.05) is 37.4 Å². The number of nitrogens with zero attached hydrogens (tertiary/aromatic N) is 2. The predicted octanol–water partition coefficient (Wildman–Crippen LogP) is 3.97. The number of imidazole rings is 1. The van der Waals surface area contributed by atoms with Gasteiger partial charge in [0, 0.05) is 13.5 Å². The molecule has 0 fully saturated rings. The molecule has 22 heavy (non-hydrogen) atoms. The first-order valence-electron chi connectivity index (χ1n) is 7.74. The molecule has 0 amide bonds. The zero-order valence-electron chi connectivity index (χ0n) is 13.3. The highest BCUT2D eigenvalue weighted by molar-refractivity contribution is 5.75. The standard InChI is InChI=1S/C19H22N2O/c1-13(2)14-8-10-15(11-9-14)18(22)12-19-20-16-6-4-5-7-17(16)21(19)3/h4-11,13,18,22H,12H2,1-3H3/t18-/m0/s1. The summed E-state index contributed by atoms with van der Waals surface area (Å²) in [5.74, 6) is 1.41. The molecule has 0 bridgehead atoms. The molecule has 3 aromatic rings. The highest BCUT2D eigenvalue weighted by Crippen LogP contribution is 2.23. The third-order valence-electron chi connectivity index (χ3n) is 4.24. The van der Waals surface area contributed by atoms with Gasteiger partial charge < -0.3 is 9.67 Å². The van der Waals surface area contributed by atoms with Crippen molar-refractivity contribution in [3.63, 3.8) is 0 Å². The Kier molecular flexibility index (Phi) is 3.99. The summed E-state index contributed by atoms with van der Waals surface area (Å²) in [6.07, 6.45) is -0.0108. The lowest BCUT2D eigenvalue weighted by molar-refractivity contribution is 0.175. The van der Waals surface area contributed by atoms with Crippen LogP contribution in [0.2, 0.25) is 0 Å². The molecular formula is C19H22N2O. The smallest absolute Gasteiger partial charge is 0.112 e. The molecule has 1 aromatic heterocycles. The summed E-state index contributed by atoms with van der Waals surface area (Å²) in [5, 5.41) is 10.5. The van der Waals surface area contributed by atoms with Gasteiger partial charge in [-0.25, -0.2) is 4.98 Å². The molecule has 0 aliphatic heterocycles. The first-order valence-corrected chi connectivity index (χ1v) is 7.74. The first-order chi connectivity index (χ1) is 10.6. The van der Waals surface area contributed by atoms with Gasteiger partial charge in [0.1, 0.15) is 5.82 Å². The van der Waals surface area contributed by atoms with Gasteiger partial charge in [-0.1, -0.05) is 50.2 Å². The normalized spacial score (nSPS) is 13.0. The van der Waals surface area contributed by atoms with Gasteiger partial charge >= 0.3 is 0 Å². The van der Waals surface area contributed by atoms with E-state index in [0.29, 0.717) is 12.3 Å². The lowest BCUT2D eigenvalue weighted by Gasteiger charge is -2.12. The minimum atomic E-state index is -0.531. The molecule has 1 heterocycles. The Morgan fingerprint density at radius 2 is 1.64 bits per heavy atom. The van der Waals surface area contributed by atoms with E-state index in [0.717, 1.165) is 22.4 Å². The van der Waals surface area contributed by atoms with Gasteiger partial charge in [0.15, 0.2) is 0 Å². The van der Waals surface area contributed by atoms with Crippen molar-refractivity contribution >= 4 is 11.0 Å². The number of hydrogen-bond acceptors (Lipinski definition) is 2. The van der Waals surface area contributed by atoms with Gasteiger partial charge in [-0.15, -0.1) is 0 Å². The molecule has 2 aromatic carbocycles. The van der Waals surface area contributed by atoms with Crippen molar-refractivity contribution in [2.45, 2.75) is 32.3 Å². The number of aliphatic hydroxyl groups excluding tert-OH is 1. The lowest BCUT2D eigenvalue weighted by atomic mass is 9.99. The van der Waals surface area contributed by atoms with Gasteiger partial charge in [-0.2, -0.15) is 0 Å². The van der Waals surface area contributed by atoms with Crippen molar-refractivity contribution in [2.75, 3.05) is 0 Å². The van der Waals surface area contributed by atoms with Gasteiger partial charge in [0.2, 0.25) is 0 Å². The molecular weight excluding hydrogens is 272 g/mol. The molecule has 0 saturated carbocycles. The quantitative estimate of drug-likeness (QED) is 0.790. The average molecular weight is 294 g/mol. The Balaban J connectivity index is 1.83. The van der Waals surface area contributed by atoms with Crippen molar-refractivity contribution < 1.29 is 5.11 Å². The topological polar surface area (TPSA) is 38.1 Å². The molecule has 0 spiro atoms. The maximum atomic E-state index is 10.5. The zero-order valence-corrected chi connectivity index (χ0v) is 13.3. The summed E-state index contributed by atoms with van der Waals surface area (Å²) in [5.41, 5.74) is 4.30. The van der Waals surface area contributed by atoms with Crippen LogP contribution in [0.1, 0.15) is 42.8 Å². The fourth-order valence-electron chi connectivity index (χ4n) is 2.77. The van der Waals surface area contributed by atoms with Gasteiger partial charge in [-0.05, 0) is 29.2 Å². The lowest BCUT2D eigenvalue weighted by Crippen LogP contribution is -2.07. The highest BCUT2D eigenvalue weighted by Gasteiger charge is 2.14. The molecule has 0 radical (unpaired) electrons. The summed E-state index contributed by atoms with van der Waals surface area (Å²) in [4.78, 5) is 4.63. The summed E-state index contributed by atoms with van der Waals surface area (Å²) in [6.45, 7) is 4.34. The van der Waals surface area contributed by atoms with E-state index in [1.54, 1.807) is 0 Å². The van der Waals surface area contributed by atoms with Crippen LogP contribution < -0.4 is 0 Å². The molecule has 114 valence electrons. The molecule has 3 heteroatoms. The van der Waals surface area contributed by atoms with Gasteiger partial charge in [0.05, 0.1) is 17.1 Å². The van der Waals surface area contributed by atoms with Gasteiger partial charge in [-0.3, -0.25) is 0 Å². The van der Waals surface area contributed by atoms with E-state index in [4.69, 9.17) is 0 Å². The molecule has 0 unspecified atom stereocenters. The number of aromatic nitrogens is 2. The van der Waals surface area contributed by atoms with Crippen molar-refractivity contribution in [1.82, 2.24) is 9.55 Å². The van der Waals surface area contributed by atoms with Crippen molar-refractivity contribution in [3.05, 3.63) is 65.5 Å². The molecule has 0 aliphatic carbocycles. The largest absolute Gasteiger partial charge is 0.388 e. The Morgan fingerprint density at radius 1 is 1.00 bits per heavy atom. The molecule has 0 saturated heterocycles. The van der Waals surface area contributed by atoms with E-state index in [9.17, 15) is 5.11 Å². The van der Waals surface area contributed by atoms with E-state index < -0.39 is 6.10 Å². The average Bonchev–Trinajstić information content (AvgIpc) is 2.84.